The van der Waals surface area contributed by atoms with Gasteiger partial charge in [0.2, 0.25) is 0 Å². The summed E-state index contributed by atoms with van der Waals surface area (Å²) in [6, 6.07) is 22.8. The molecule has 8 heteroatoms. The van der Waals surface area contributed by atoms with Crippen LogP contribution in [0.15, 0.2) is 83.0 Å². The van der Waals surface area contributed by atoms with Crippen molar-refractivity contribution in [2.24, 2.45) is 7.05 Å². The number of hydrogen-bond donors (Lipinski definition) is 1. The minimum absolute atomic E-state index is 0.0816. The van der Waals surface area contributed by atoms with Crippen LogP contribution in [0.25, 0.3) is 33.2 Å². The van der Waals surface area contributed by atoms with E-state index in [9.17, 15) is 14.4 Å². The second-order valence-corrected chi connectivity index (χ2v) is 10.3. The van der Waals surface area contributed by atoms with Gasteiger partial charge in [0, 0.05) is 28.9 Å². The predicted octanol–water partition coefficient (Wildman–Crippen LogP) is 6.13. The molecule has 1 atom stereocenters. The molecule has 0 aliphatic carbocycles. The average Bonchev–Trinajstić information content (AvgIpc) is 3.39. The SMILES string of the molecule is Cc1ccc(-c2csc(NC(=O)C(C)OC(=O)c3c(-c4ccc(C)cc4)c4ccccc4c(=O)n3C)n2)cc1. The molecular weight excluding hydrogens is 510 g/mol. The number of carbonyl (C=O) groups excluding carboxylic acids is 2. The lowest BCUT2D eigenvalue weighted by Gasteiger charge is -2.19. The molecule has 7 nitrogen and oxygen atoms in total. The Kier molecular flexibility index (Phi) is 7.13. The molecule has 0 bridgehead atoms. The van der Waals surface area contributed by atoms with Crippen molar-refractivity contribution in [3.8, 4) is 22.4 Å². The first-order chi connectivity index (χ1) is 18.7. The smallest absolute Gasteiger partial charge is 0.356 e. The molecule has 5 rings (SSSR count). The van der Waals surface area contributed by atoms with Crippen molar-refractivity contribution < 1.29 is 14.3 Å². The topological polar surface area (TPSA) is 90.3 Å². The fourth-order valence-corrected chi connectivity index (χ4v) is 5.10. The molecule has 2 heterocycles. The summed E-state index contributed by atoms with van der Waals surface area (Å²) in [4.78, 5) is 44.1. The van der Waals surface area contributed by atoms with Crippen LogP contribution in [0.2, 0.25) is 0 Å². The maximum Gasteiger partial charge on any atom is 0.356 e. The van der Waals surface area contributed by atoms with Crippen LogP contribution in [-0.4, -0.2) is 27.5 Å². The summed E-state index contributed by atoms with van der Waals surface area (Å²) in [7, 11) is 1.54. The molecule has 1 N–H and O–H groups in total. The van der Waals surface area contributed by atoms with Crippen LogP contribution in [-0.2, 0) is 16.6 Å². The molecule has 5 aromatic rings. The van der Waals surface area contributed by atoms with E-state index >= 15 is 0 Å². The number of benzene rings is 3. The Hall–Kier alpha value is -4.56. The number of anilines is 1. The van der Waals surface area contributed by atoms with E-state index in [0.717, 1.165) is 27.9 Å². The largest absolute Gasteiger partial charge is 0.448 e. The predicted molar refractivity (Wildman–Crippen MR) is 155 cm³/mol. The fraction of sp³-hybridized carbons (Fsp3) is 0.161. The highest BCUT2D eigenvalue weighted by atomic mass is 32.1. The van der Waals surface area contributed by atoms with Gasteiger partial charge in [-0.2, -0.15) is 0 Å². The lowest BCUT2D eigenvalue weighted by molar-refractivity contribution is -0.123. The van der Waals surface area contributed by atoms with Crippen LogP contribution in [0.4, 0.5) is 5.13 Å². The highest BCUT2D eigenvalue weighted by molar-refractivity contribution is 7.14. The Morgan fingerprint density at radius 1 is 0.897 bits per heavy atom. The van der Waals surface area contributed by atoms with Gasteiger partial charge < -0.3 is 9.30 Å². The number of aromatic nitrogens is 2. The number of nitrogens with zero attached hydrogens (tertiary/aromatic N) is 2. The molecule has 0 fully saturated rings. The first-order valence-corrected chi connectivity index (χ1v) is 13.3. The van der Waals surface area contributed by atoms with Gasteiger partial charge in [0.15, 0.2) is 11.2 Å². The van der Waals surface area contributed by atoms with Crippen molar-refractivity contribution in [1.29, 1.82) is 0 Å². The van der Waals surface area contributed by atoms with Gasteiger partial charge in [-0.05, 0) is 37.8 Å². The third-order valence-corrected chi connectivity index (χ3v) is 7.33. The van der Waals surface area contributed by atoms with Crippen LogP contribution in [0.3, 0.4) is 0 Å². The van der Waals surface area contributed by atoms with Crippen molar-refractivity contribution in [1.82, 2.24) is 9.55 Å². The number of thiazole rings is 1. The van der Waals surface area contributed by atoms with Gasteiger partial charge in [0.25, 0.3) is 11.5 Å². The fourth-order valence-electron chi connectivity index (χ4n) is 4.38. The number of hydrogen-bond acceptors (Lipinski definition) is 6. The van der Waals surface area contributed by atoms with E-state index in [0.29, 0.717) is 21.5 Å². The first-order valence-electron chi connectivity index (χ1n) is 12.5. The summed E-state index contributed by atoms with van der Waals surface area (Å²) < 4.78 is 6.90. The van der Waals surface area contributed by atoms with Crippen molar-refractivity contribution in [3.63, 3.8) is 0 Å². The highest BCUT2D eigenvalue weighted by Crippen LogP contribution is 2.31. The first kappa shape index (κ1) is 26.1. The zero-order valence-electron chi connectivity index (χ0n) is 22.0. The number of pyridine rings is 1. The van der Waals surface area contributed by atoms with E-state index in [1.165, 1.54) is 29.9 Å². The van der Waals surface area contributed by atoms with E-state index in [1.807, 2.05) is 79.9 Å². The summed E-state index contributed by atoms with van der Waals surface area (Å²) >= 11 is 1.29. The van der Waals surface area contributed by atoms with Crippen LogP contribution in [0.5, 0.6) is 0 Å². The Bertz CT molecular complexity index is 1750. The number of amides is 1. The third-order valence-electron chi connectivity index (χ3n) is 6.57. The number of nitrogens with one attached hydrogen (secondary N) is 1. The standard InChI is InChI=1S/C31H27N3O4S/c1-18-9-13-21(14-10-18)25-17-39-31(32-25)33-28(35)20(3)38-30(37)27-26(22-15-11-19(2)12-16-22)23-7-5-6-8-24(23)29(36)34(27)4/h5-17,20H,1-4H3,(H,32,33,35). The molecule has 0 spiro atoms. The van der Waals surface area contributed by atoms with Crippen molar-refractivity contribution in [3.05, 3.63) is 105 Å². The average molecular weight is 538 g/mol. The van der Waals surface area contributed by atoms with Crippen LogP contribution in [0.1, 0.15) is 28.5 Å². The summed E-state index contributed by atoms with van der Waals surface area (Å²) in [5.74, 6) is -1.28. The van der Waals surface area contributed by atoms with Gasteiger partial charge in [-0.15, -0.1) is 11.3 Å². The second kappa shape index (κ2) is 10.7. The monoisotopic (exact) mass is 537 g/mol. The van der Waals surface area contributed by atoms with Gasteiger partial charge in [-0.3, -0.25) is 14.9 Å². The van der Waals surface area contributed by atoms with Crippen LogP contribution < -0.4 is 10.9 Å². The van der Waals surface area contributed by atoms with E-state index in [-0.39, 0.29) is 11.3 Å². The molecule has 0 radical (unpaired) electrons. The van der Waals surface area contributed by atoms with Gasteiger partial charge in [-0.25, -0.2) is 9.78 Å². The van der Waals surface area contributed by atoms with Crippen LogP contribution in [0, 0.1) is 13.8 Å². The molecule has 39 heavy (non-hydrogen) atoms. The number of ether oxygens (including phenoxy) is 1. The van der Waals surface area contributed by atoms with Crippen molar-refractivity contribution in [2.75, 3.05) is 5.32 Å². The Balaban J connectivity index is 1.42. The lowest BCUT2D eigenvalue weighted by Crippen LogP contribution is -2.32. The molecule has 0 saturated heterocycles. The zero-order valence-corrected chi connectivity index (χ0v) is 22.8. The minimum Gasteiger partial charge on any atom is -0.448 e. The molecule has 0 saturated carbocycles. The molecule has 2 aromatic heterocycles. The zero-order chi connectivity index (χ0) is 27.7. The number of rotatable bonds is 6. The van der Waals surface area contributed by atoms with E-state index in [2.05, 4.69) is 10.3 Å². The Morgan fingerprint density at radius 3 is 2.13 bits per heavy atom. The normalized spacial score (nSPS) is 11.8. The van der Waals surface area contributed by atoms with Gasteiger partial charge >= 0.3 is 5.97 Å². The summed E-state index contributed by atoms with van der Waals surface area (Å²) in [6.45, 7) is 5.48. The molecule has 3 aromatic carbocycles. The molecule has 0 aliphatic heterocycles. The second-order valence-electron chi connectivity index (χ2n) is 9.44. The van der Waals surface area contributed by atoms with Crippen molar-refractivity contribution in [2.45, 2.75) is 26.9 Å². The molecular formula is C31H27N3O4S. The minimum atomic E-state index is -1.13. The molecule has 1 amide bonds. The van der Waals surface area contributed by atoms with Crippen LogP contribution >= 0.6 is 11.3 Å². The third kappa shape index (κ3) is 5.24. The number of aryl methyl sites for hydroxylation is 2. The van der Waals surface area contributed by atoms with Gasteiger partial charge in [-0.1, -0.05) is 77.9 Å². The van der Waals surface area contributed by atoms with E-state index in [1.54, 1.807) is 12.1 Å². The maximum absolute atomic E-state index is 13.5. The molecule has 196 valence electrons. The Morgan fingerprint density at radius 2 is 1.49 bits per heavy atom. The number of esters is 1. The number of carbonyl (C=O) groups is 2. The summed E-state index contributed by atoms with van der Waals surface area (Å²) in [6.07, 6.45) is -1.13. The van der Waals surface area contributed by atoms with E-state index in [4.69, 9.17) is 4.74 Å². The Labute approximate surface area is 229 Å². The highest BCUT2D eigenvalue weighted by Gasteiger charge is 2.26. The summed E-state index contributed by atoms with van der Waals surface area (Å²) in [5, 5.41) is 6.12. The van der Waals surface area contributed by atoms with Gasteiger partial charge in [0.1, 0.15) is 5.69 Å². The van der Waals surface area contributed by atoms with Crippen molar-refractivity contribution >= 4 is 39.1 Å². The maximum atomic E-state index is 13.5. The molecule has 0 aliphatic rings. The summed E-state index contributed by atoms with van der Waals surface area (Å²) in [5.41, 5.74) is 5.00. The molecule has 1 unspecified atom stereocenters. The number of fused-ring (bicyclic) bond motifs is 1. The quantitative estimate of drug-likeness (QED) is 0.263. The lowest BCUT2D eigenvalue weighted by atomic mass is 9.96. The van der Waals surface area contributed by atoms with Gasteiger partial charge in [0.05, 0.1) is 5.69 Å². The van der Waals surface area contributed by atoms with E-state index < -0.39 is 18.0 Å².